The zero-order valence-corrected chi connectivity index (χ0v) is 15.0. The molecule has 0 aliphatic carbocycles. The summed E-state index contributed by atoms with van der Waals surface area (Å²) < 4.78 is 1.59. The number of nitrogens with two attached hydrogens (primary N) is 1. The monoisotopic (exact) mass is 339 g/mol. The highest BCUT2D eigenvalue weighted by Gasteiger charge is 2.17. The maximum absolute atomic E-state index is 11.8. The summed E-state index contributed by atoms with van der Waals surface area (Å²) in [6.45, 7) is 6.65. The van der Waals surface area contributed by atoms with Crippen LogP contribution < -0.4 is 11.1 Å². The molecule has 0 aliphatic rings. The van der Waals surface area contributed by atoms with Gasteiger partial charge in [0, 0.05) is 13.0 Å². The molecule has 0 aliphatic heterocycles. The van der Waals surface area contributed by atoms with Crippen LogP contribution in [-0.4, -0.2) is 22.2 Å². The molecule has 0 saturated carbocycles. The van der Waals surface area contributed by atoms with Crippen LogP contribution in [0.4, 0.5) is 5.82 Å². The number of benzene rings is 1. The van der Waals surface area contributed by atoms with Gasteiger partial charge in [-0.15, -0.1) is 0 Å². The van der Waals surface area contributed by atoms with Crippen LogP contribution in [0.1, 0.15) is 44.9 Å². The highest BCUT2D eigenvalue weighted by atomic mass is 16.1. The topological polar surface area (TPSA) is 96.7 Å². The van der Waals surface area contributed by atoms with Crippen molar-refractivity contribution in [1.82, 2.24) is 15.1 Å². The Labute approximate surface area is 148 Å². The number of anilines is 1. The average molecular weight is 339 g/mol. The molecule has 0 spiro atoms. The maximum Gasteiger partial charge on any atom is 0.220 e. The average Bonchev–Trinajstić information content (AvgIpc) is 2.86. The molecule has 0 unspecified atom stereocenters. The lowest BCUT2D eigenvalue weighted by Crippen LogP contribution is -2.28. The number of hydrogen-bond acceptors (Lipinski definition) is 4. The van der Waals surface area contributed by atoms with E-state index in [-0.39, 0.29) is 11.3 Å². The first kappa shape index (κ1) is 18.5. The van der Waals surface area contributed by atoms with Gasteiger partial charge in [-0.3, -0.25) is 4.79 Å². The molecule has 2 rings (SSSR count). The molecule has 6 nitrogen and oxygen atoms in total. The second-order valence-electron chi connectivity index (χ2n) is 7.26. The fraction of sp³-hybridized carbons (Fsp3) is 0.421. The standard InChI is InChI=1S/C19H25N5O/c1-19(2,3)12-17(25)22-11-7-10-16-15(13-20)18(21)24(23-16)14-8-5-4-6-9-14/h4-6,8-9H,7,10-12,21H2,1-3H3,(H,22,25). The number of carbonyl (C=O) groups excluding carboxylic acids is 1. The minimum atomic E-state index is -0.0268. The van der Waals surface area contributed by atoms with Crippen LogP contribution in [0.15, 0.2) is 30.3 Å². The zero-order valence-electron chi connectivity index (χ0n) is 15.0. The van der Waals surface area contributed by atoms with Gasteiger partial charge in [-0.1, -0.05) is 39.0 Å². The molecule has 0 radical (unpaired) electrons. The van der Waals surface area contributed by atoms with Crippen molar-refractivity contribution in [3.63, 3.8) is 0 Å². The van der Waals surface area contributed by atoms with Gasteiger partial charge in [0.05, 0.1) is 11.4 Å². The summed E-state index contributed by atoms with van der Waals surface area (Å²) in [6, 6.07) is 11.6. The first-order valence-corrected chi connectivity index (χ1v) is 8.41. The number of nitriles is 1. The normalized spacial score (nSPS) is 11.1. The summed E-state index contributed by atoms with van der Waals surface area (Å²) in [4.78, 5) is 11.8. The third-order valence-corrected chi connectivity index (χ3v) is 3.71. The third kappa shape index (κ3) is 5.08. The molecular weight excluding hydrogens is 314 g/mol. The van der Waals surface area contributed by atoms with Crippen LogP contribution in [0.25, 0.3) is 5.69 Å². The van der Waals surface area contributed by atoms with Gasteiger partial charge in [-0.25, -0.2) is 4.68 Å². The summed E-state index contributed by atoms with van der Waals surface area (Å²) in [5, 5.41) is 16.8. The summed E-state index contributed by atoms with van der Waals surface area (Å²) in [5.74, 6) is 0.391. The molecule has 6 heteroatoms. The van der Waals surface area contributed by atoms with E-state index in [1.807, 2.05) is 51.1 Å². The molecule has 1 heterocycles. The summed E-state index contributed by atoms with van der Waals surface area (Å²) in [5.41, 5.74) is 7.94. The fourth-order valence-electron chi connectivity index (χ4n) is 2.57. The van der Waals surface area contributed by atoms with E-state index >= 15 is 0 Å². The zero-order chi connectivity index (χ0) is 18.4. The molecular formula is C19H25N5O. The van der Waals surface area contributed by atoms with Gasteiger partial charge in [-0.05, 0) is 30.4 Å². The van der Waals surface area contributed by atoms with Crippen molar-refractivity contribution >= 4 is 11.7 Å². The van der Waals surface area contributed by atoms with E-state index in [2.05, 4.69) is 16.5 Å². The molecule has 2 aromatic rings. The number of aromatic nitrogens is 2. The Morgan fingerprint density at radius 1 is 1.32 bits per heavy atom. The highest BCUT2D eigenvalue weighted by molar-refractivity contribution is 5.76. The minimum Gasteiger partial charge on any atom is -0.382 e. The van der Waals surface area contributed by atoms with E-state index in [0.717, 1.165) is 5.69 Å². The number of rotatable bonds is 6. The van der Waals surface area contributed by atoms with Crippen molar-refractivity contribution in [2.45, 2.75) is 40.0 Å². The van der Waals surface area contributed by atoms with E-state index in [9.17, 15) is 10.1 Å². The number of nitrogens with zero attached hydrogens (tertiary/aromatic N) is 3. The summed E-state index contributed by atoms with van der Waals surface area (Å²) >= 11 is 0. The first-order valence-electron chi connectivity index (χ1n) is 8.41. The smallest absolute Gasteiger partial charge is 0.220 e. The lowest BCUT2D eigenvalue weighted by Gasteiger charge is -2.17. The summed E-state index contributed by atoms with van der Waals surface area (Å²) in [6.07, 6.45) is 1.78. The second kappa shape index (κ2) is 7.84. The molecule has 0 fully saturated rings. The Morgan fingerprint density at radius 2 is 2.00 bits per heavy atom. The van der Waals surface area contributed by atoms with Gasteiger partial charge >= 0.3 is 0 Å². The van der Waals surface area contributed by atoms with Crippen molar-refractivity contribution in [1.29, 1.82) is 5.26 Å². The Kier molecular flexibility index (Phi) is 5.81. The third-order valence-electron chi connectivity index (χ3n) is 3.71. The molecule has 0 atom stereocenters. The molecule has 25 heavy (non-hydrogen) atoms. The van der Waals surface area contributed by atoms with E-state index in [1.54, 1.807) is 4.68 Å². The number of para-hydroxylation sites is 1. The molecule has 3 N–H and O–H groups in total. The van der Waals surface area contributed by atoms with E-state index in [4.69, 9.17) is 5.73 Å². The van der Waals surface area contributed by atoms with E-state index in [0.29, 0.717) is 42.9 Å². The minimum absolute atomic E-state index is 0.0268. The molecule has 0 bridgehead atoms. The first-order chi connectivity index (χ1) is 11.8. The quantitative estimate of drug-likeness (QED) is 0.791. The largest absolute Gasteiger partial charge is 0.382 e. The van der Waals surface area contributed by atoms with Crippen LogP contribution in [0, 0.1) is 16.7 Å². The van der Waals surface area contributed by atoms with Crippen molar-refractivity contribution in [2.24, 2.45) is 5.41 Å². The van der Waals surface area contributed by atoms with Gasteiger partial charge in [0.2, 0.25) is 5.91 Å². The number of nitrogen functional groups attached to an aromatic ring is 1. The number of amides is 1. The van der Waals surface area contributed by atoms with E-state index in [1.165, 1.54) is 0 Å². The van der Waals surface area contributed by atoms with Crippen molar-refractivity contribution in [3.05, 3.63) is 41.6 Å². The van der Waals surface area contributed by atoms with Gasteiger partial charge in [0.15, 0.2) is 0 Å². The number of carbonyl (C=O) groups is 1. The van der Waals surface area contributed by atoms with Crippen molar-refractivity contribution < 1.29 is 4.79 Å². The van der Waals surface area contributed by atoms with Gasteiger partial charge in [0.1, 0.15) is 17.5 Å². The van der Waals surface area contributed by atoms with Crippen LogP contribution in [0.2, 0.25) is 0 Å². The predicted octanol–water partition coefficient (Wildman–Crippen LogP) is 2.81. The highest BCUT2D eigenvalue weighted by Crippen LogP contribution is 2.21. The van der Waals surface area contributed by atoms with Gasteiger partial charge in [-0.2, -0.15) is 10.4 Å². The number of nitrogens with one attached hydrogen (secondary N) is 1. The second-order valence-corrected chi connectivity index (χ2v) is 7.26. The van der Waals surface area contributed by atoms with Crippen LogP contribution in [-0.2, 0) is 11.2 Å². The Morgan fingerprint density at radius 3 is 2.60 bits per heavy atom. The molecule has 1 amide bonds. The van der Waals surface area contributed by atoms with Crippen molar-refractivity contribution in [2.75, 3.05) is 12.3 Å². The fourth-order valence-corrected chi connectivity index (χ4v) is 2.57. The molecule has 1 aromatic carbocycles. The predicted molar refractivity (Wildman–Crippen MR) is 98.1 cm³/mol. The van der Waals surface area contributed by atoms with Crippen molar-refractivity contribution in [3.8, 4) is 11.8 Å². The Balaban J connectivity index is 1.99. The van der Waals surface area contributed by atoms with Gasteiger partial charge < -0.3 is 11.1 Å². The summed E-state index contributed by atoms with van der Waals surface area (Å²) in [7, 11) is 0. The van der Waals surface area contributed by atoms with Gasteiger partial charge in [0.25, 0.3) is 0 Å². The SMILES string of the molecule is CC(C)(C)CC(=O)NCCCc1nn(-c2ccccc2)c(N)c1C#N. The van der Waals surface area contributed by atoms with Crippen LogP contribution in [0.3, 0.4) is 0 Å². The molecule has 1 aromatic heterocycles. The molecule has 0 saturated heterocycles. The Hall–Kier alpha value is -2.81. The van der Waals surface area contributed by atoms with Crippen LogP contribution >= 0.6 is 0 Å². The number of hydrogen-bond donors (Lipinski definition) is 2. The van der Waals surface area contributed by atoms with Crippen LogP contribution in [0.5, 0.6) is 0 Å². The Bertz CT molecular complexity index is 766. The number of aryl methyl sites for hydroxylation is 1. The molecule has 132 valence electrons. The lowest BCUT2D eigenvalue weighted by atomic mass is 9.92. The maximum atomic E-state index is 11.8. The van der Waals surface area contributed by atoms with E-state index < -0.39 is 0 Å². The lowest BCUT2D eigenvalue weighted by molar-refractivity contribution is -0.122.